The van der Waals surface area contributed by atoms with E-state index in [1.807, 2.05) is 30.3 Å². The zero-order chi connectivity index (χ0) is 11.4. The van der Waals surface area contributed by atoms with Crippen LogP contribution in [-0.2, 0) is 20.7 Å². The average Bonchev–Trinajstić information content (AvgIpc) is 2.66. The summed E-state index contributed by atoms with van der Waals surface area (Å²) in [7, 11) is 0. The molecule has 0 bridgehead atoms. The van der Waals surface area contributed by atoms with Gasteiger partial charge in [-0.25, -0.2) is 0 Å². The highest BCUT2D eigenvalue weighted by Gasteiger charge is 2.21. The molecule has 0 saturated heterocycles. The van der Waals surface area contributed by atoms with Gasteiger partial charge in [0.1, 0.15) is 18.4 Å². The van der Waals surface area contributed by atoms with Gasteiger partial charge in [0.05, 0.1) is 0 Å². The second-order valence-corrected chi connectivity index (χ2v) is 3.53. The molecule has 84 valence electrons. The first kappa shape index (κ1) is 10.5. The van der Waals surface area contributed by atoms with E-state index in [4.69, 9.17) is 14.6 Å². The quantitative estimate of drug-likeness (QED) is 0.842. The fourth-order valence-corrected chi connectivity index (χ4v) is 1.50. The Kier molecular flexibility index (Phi) is 3.10. The summed E-state index contributed by atoms with van der Waals surface area (Å²) in [5.74, 6) is -0.552. The first-order valence-electron chi connectivity index (χ1n) is 5.01. The van der Waals surface area contributed by atoms with Crippen LogP contribution in [0.3, 0.4) is 0 Å². The number of hydrogen-bond donors (Lipinski definition) is 1. The molecule has 0 spiro atoms. The van der Waals surface area contributed by atoms with E-state index in [9.17, 15) is 4.79 Å². The van der Waals surface area contributed by atoms with Gasteiger partial charge in [-0.2, -0.15) is 0 Å². The minimum absolute atomic E-state index is 0.134. The lowest BCUT2D eigenvalue weighted by Crippen LogP contribution is -2.12. The molecule has 1 heterocycles. The van der Waals surface area contributed by atoms with Crippen molar-refractivity contribution < 1.29 is 19.4 Å². The first-order chi connectivity index (χ1) is 7.74. The Morgan fingerprint density at radius 3 is 2.75 bits per heavy atom. The van der Waals surface area contributed by atoms with Crippen LogP contribution >= 0.6 is 0 Å². The summed E-state index contributed by atoms with van der Waals surface area (Å²) in [6, 6.07) is 9.77. The maximum Gasteiger partial charge on any atom is 0.311 e. The van der Waals surface area contributed by atoms with Crippen molar-refractivity contribution in [3.63, 3.8) is 0 Å². The summed E-state index contributed by atoms with van der Waals surface area (Å²) in [6.07, 6.45) is 1.45. The van der Waals surface area contributed by atoms with Crippen LogP contribution in [0.1, 0.15) is 12.0 Å². The lowest BCUT2D eigenvalue weighted by molar-refractivity contribution is -0.137. The third kappa shape index (κ3) is 2.76. The van der Waals surface area contributed by atoms with Gasteiger partial charge in [0.15, 0.2) is 0 Å². The van der Waals surface area contributed by atoms with Gasteiger partial charge in [-0.15, -0.1) is 0 Å². The van der Waals surface area contributed by atoms with E-state index in [1.165, 1.54) is 6.26 Å². The molecule has 1 aliphatic rings. The predicted octanol–water partition coefficient (Wildman–Crippen LogP) is 1.92. The molecule has 2 rings (SSSR count). The molecule has 0 radical (unpaired) electrons. The molecule has 1 aromatic carbocycles. The third-order valence-electron chi connectivity index (χ3n) is 2.20. The Hall–Kier alpha value is -1.97. The second kappa shape index (κ2) is 4.70. The van der Waals surface area contributed by atoms with Crippen molar-refractivity contribution in [2.45, 2.75) is 19.1 Å². The van der Waals surface area contributed by atoms with Gasteiger partial charge in [-0.1, -0.05) is 30.3 Å². The summed E-state index contributed by atoms with van der Waals surface area (Å²) in [6.45, 7) is 0. The summed E-state index contributed by atoms with van der Waals surface area (Å²) < 4.78 is 10.6. The standard InChI is InChI=1S/C12H12O4/c13-11(14)7-10-8-15-12(16-10)6-9-4-2-1-3-5-9/h1-5,8,12H,6-7H2,(H,13,14). The van der Waals surface area contributed by atoms with E-state index in [0.717, 1.165) is 5.56 Å². The molecule has 0 aliphatic carbocycles. The lowest BCUT2D eigenvalue weighted by atomic mass is 10.1. The largest absolute Gasteiger partial charge is 0.481 e. The number of hydrogen-bond acceptors (Lipinski definition) is 3. The van der Waals surface area contributed by atoms with Crippen molar-refractivity contribution in [2.24, 2.45) is 0 Å². The Morgan fingerprint density at radius 1 is 1.31 bits per heavy atom. The van der Waals surface area contributed by atoms with Gasteiger partial charge in [0.25, 0.3) is 0 Å². The molecule has 4 heteroatoms. The normalized spacial score (nSPS) is 18.5. The van der Waals surface area contributed by atoms with Crippen LogP contribution in [0.5, 0.6) is 0 Å². The minimum atomic E-state index is -0.921. The van der Waals surface area contributed by atoms with Gasteiger partial charge in [-0.05, 0) is 5.56 Å². The average molecular weight is 220 g/mol. The van der Waals surface area contributed by atoms with Gasteiger partial charge < -0.3 is 14.6 Å². The second-order valence-electron chi connectivity index (χ2n) is 3.53. The number of carboxylic acids is 1. The van der Waals surface area contributed by atoms with E-state index in [0.29, 0.717) is 12.2 Å². The molecule has 0 aromatic heterocycles. The van der Waals surface area contributed by atoms with E-state index in [1.54, 1.807) is 0 Å². The molecule has 1 N–H and O–H groups in total. The first-order valence-corrected chi connectivity index (χ1v) is 5.01. The topological polar surface area (TPSA) is 55.8 Å². The zero-order valence-corrected chi connectivity index (χ0v) is 8.63. The fraction of sp³-hybridized carbons (Fsp3) is 0.250. The minimum Gasteiger partial charge on any atom is -0.481 e. The highest BCUT2D eigenvalue weighted by atomic mass is 16.7. The molecule has 1 unspecified atom stereocenters. The number of carboxylic acid groups (broad SMARTS) is 1. The van der Waals surface area contributed by atoms with Crippen LogP contribution in [-0.4, -0.2) is 17.4 Å². The van der Waals surface area contributed by atoms with E-state index < -0.39 is 12.3 Å². The highest BCUT2D eigenvalue weighted by Crippen LogP contribution is 2.20. The van der Waals surface area contributed by atoms with E-state index >= 15 is 0 Å². The number of benzene rings is 1. The monoisotopic (exact) mass is 220 g/mol. The van der Waals surface area contributed by atoms with Gasteiger partial charge in [0, 0.05) is 6.42 Å². The van der Waals surface area contributed by atoms with Gasteiger partial charge in [0.2, 0.25) is 6.29 Å². The van der Waals surface area contributed by atoms with Crippen LogP contribution in [0.15, 0.2) is 42.4 Å². The van der Waals surface area contributed by atoms with Crippen LogP contribution in [0.2, 0.25) is 0 Å². The summed E-state index contributed by atoms with van der Waals surface area (Å²) in [5, 5.41) is 8.57. The van der Waals surface area contributed by atoms with Crippen molar-refractivity contribution in [2.75, 3.05) is 0 Å². The smallest absolute Gasteiger partial charge is 0.311 e. The summed E-state index contributed by atoms with van der Waals surface area (Å²) in [5.41, 5.74) is 1.09. The SMILES string of the molecule is O=C(O)CC1=COC(Cc2ccccc2)O1. The van der Waals surface area contributed by atoms with E-state index in [-0.39, 0.29) is 6.42 Å². The molecule has 0 fully saturated rings. The van der Waals surface area contributed by atoms with Crippen molar-refractivity contribution >= 4 is 5.97 Å². The van der Waals surface area contributed by atoms with Crippen molar-refractivity contribution in [1.82, 2.24) is 0 Å². The molecule has 1 atom stereocenters. The Balaban J connectivity index is 1.85. The van der Waals surface area contributed by atoms with Crippen LogP contribution in [0, 0.1) is 0 Å². The molecule has 0 amide bonds. The van der Waals surface area contributed by atoms with Crippen LogP contribution < -0.4 is 0 Å². The maximum absolute atomic E-state index is 10.4. The van der Waals surface area contributed by atoms with Gasteiger partial charge in [-0.3, -0.25) is 4.79 Å². The predicted molar refractivity (Wildman–Crippen MR) is 56.4 cm³/mol. The Bertz CT molecular complexity index is 397. The zero-order valence-electron chi connectivity index (χ0n) is 8.63. The number of ether oxygens (including phenoxy) is 2. The molecule has 0 saturated carbocycles. The highest BCUT2D eigenvalue weighted by molar-refractivity contribution is 5.69. The number of aliphatic carboxylic acids is 1. The third-order valence-corrected chi connectivity index (χ3v) is 2.20. The molecule has 1 aromatic rings. The number of rotatable bonds is 4. The molecular weight excluding hydrogens is 208 g/mol. The van der Waals surface area contributed by atoms with Gasteiger partial charge >= 0.3 is 5.97 Å². The Morgan fingerprint density at radius 2 is 2.06 bits per heavy atom. The molecule has 4 nitrogen and oxygen atoms in total. The van der Waals surface area contributed by atoms with E-state index in [2.05, 4.69) is 0 Å². The van der Waals surface area contributed by atoms with Crippen LogP contribution in [0.25, 0.3) is 0 Å². The van der Waals surface area contributed by atoms with Crippen LogP contribution in [0.4, 0.5) is 0 Å². The fourth-order valence-electron chi connectivity index (χ4n) is 1.50. The molecule has 1 aliphatic heterocycles. The Labute approximate surface area is 93.1 Å². The number of carbonyl (C=O) groups is 1. The maximum atomic E-state index is 10.4. The molecular formula is C12H12O4. The summed E-state index contributed by atoms with van der Waals surface area (Å²) in [4.78, 5) is 10.4. The van der Waals surface area contributed by atoms with Crippen molar-refractivity contribution in [3.05, 3.63) is 47.9 Å². The van der Waals surface area contributed by atoms with Crippen molar-refractivity contribution in [1.29, 1.82) is 0 Å². The lowest BCUT2D eigenvalue weighted by Gasteiger charge is -2.11. The summed E-state index contributed by atoms with van der Waals surface area (Å²) >= 11 is 0. The molecule has 16 heavy (non-hydrogen) atoms. The van der Waals surface area contributed by atoms with Crippen molar-refractivity contribution in [3.8, 4) is 0 Å².